The SMILES string of the molecule is CC(C)(C)OP(=O)(OC(C)(C)C)SCCN1CCOCC1.CC(C)(C)OP(=O)(OC(C)(C)C)SCCOC(=O)C(C)(C)C.CC(C)(C)OP(=O)(OC(C)(C)C)SCCOC(=O)C(C)(C)CCN1CCCCC1.CC(C)(C)OP(=O)(OC(C)(C)C)SCCOC(=O)C(C)(C)CCN1CCCCC1.CC(C)(C)OP([O-])(=S)OC(C)(C)C.CCCSP(=O)(OC(C)(C)C)OC(C)(C)C.CN(C)CCSP(=O)(OC(C)(C)C)OC(C)(C)C. The molecule has 0 spiro atoms. The van der Waals surface area contributed by atoms with Crippen LogP contribution in [0, 0.1) is 16.2 Å². The number of piperidine rings is 2. The van der Waals surface area contributed by atoms with Gasteiger partial charge >= 0.3 is 58.7 Å². The Bertz CT molecular complexity index is 3840. The predicted molar refractivity (Wildman–Crippen MR) is 632 cm³/mol. The molecule has 0 saturated carbocycles. The zero-order chi connectivity index (χ0) is 117. The van der Waals surface area contributed by atoms with E-state index in [4.69, 9.17) is 94.1 Å². The molecule has 148 heavy (non-hydrogen) atoms. The number of ether oxygens (including phenoxy) is 4. The monoisotopic (exact) mass is 2390 g/mol. The van der Waals surface area contributed by atoms with Crippen molar-refractivity contribution in [2.24, 2.45) is 16.2 Å². The summed E-state index contributed by atoms with van der Waals surface area (Å²) in [7, 11) is 3.97. The Balaban J connectivity index is -0.000000830. The molecule has 3 aliphatic rings. The fourth-order valence-electron chi connectivity index (χ4n) is 11.7. The number of carbonyl (C=O) groups is 3. The van der Waals surface area contributed by atoms with Crippen LogP contribution in [0.4, 0.5) is 0 Å². The average molecular weight is 2390 g/mol. The topological polar surface area (TPSA) is 356 Å². The maximum atomic E-state index is 13.1. The van der Waals surface area contributed by atoms with E-state index in [0.29, 0.717) is 17.3 Å². The van der Waals surface area contributed by atoms with Crippen LogP contribution in [0.5, 0.6) is 0 Å². The van der Waals surface area contributed by atoms with Gasteiger partial charge in [-0.3, -0.25) is 73.6 Å². The number of likely N-dealkylation sites (tertiary alicyclic amines) is 2. The minimum absolute atomic E-state index is 0.172. The van der Waals surface area contributed by atoms with Crippen molar-refractivity contribution in [1.82, 2.24) is 19.6 Å². The lowest BCUT2D eigenvalue weighted by Gasteiger charge is -2.38. The van der Waals surface area contributed by atoms with Gasteiger partial charge in [-0.05, 0) is 506 Å². The Morgan fingerprint density at radius 3 is 0.682 bits per heavy atom. The molecule has 3 fully saturated rings. The lowest BCUT2D eigenvalue weighted by molar-refractivity contribution is -0.222. The summed E-state index contributed by atoms with van der Waals surface area (Å²) in [6.45, 7) is 82.2. The van der Waals surface area contributed by atoms with E-state index in [0.717, 1.165) is 149 Å². The van der Waals surface area contributed by atoms with Gasteiger partial charge in [0.2, 0.25) is 0 Å². The predicted octanol–water partition coefficient (Wildman–Crippen LogP) is 31.7. The summed E-state index contributed by atoms with van der Waals surface area (Å²) in [5.74, 6) is 2.59. The lowest BCUT2D eigenvalue weighted by atomic mass is 9.89. The molecule has 0 bridgehead atoms. The van der Waals surface area contributed by atoms with Crippen LogP contribution in [0.3, 0.4) is 0 Å². The molecule has 3 aliphatic heterocycles. The first-order valence-electron chi connectivity index (χ1n) is 52.1. The second-order valence-electron chi connectivity index (χ2n) is 53.0. The standard InChI is InChI=1S/2C21H42NO5PS.C15H31O5PS.C14H30NO4PS.C12H28NO3PS.C11H25O3PS.C8H19O3PS/c2*1-19(2,3)26-28(24,27-20(4,5)6)29-17-16-25-18(23)21(7,8)12-15-22-13-10-9-11-14-22;1-13(2,3)12(16)18-10-11-22-21(17,19-14(4,5)6)20-15(7,8)9;1-13(2,3)18-20(16,19-14(4,5)6)21-12-9-15-7-10-17-11-8-15;1-11(2,3)15-17(14,16-12(4,5)6)18-10-9-13(7)8;1-8-9-16-15(12,13-10(2,3)4)14-11(5,6)7;1-7(2,3)10-12(9,13)11-8(4,5)6/h2*9-17H2,1-8H3;10-11H2,1-9H3;7-12H2,1-6H3;9-10H2,1-8H3;8-9H2,1-7H3;1-6H3,(H,9,13)/p-1. The number of hydrogen-bond acceptors (Lipinski definition) is 39. The van der Waals surface area contributed by atoms with E-state index in [1.807, 2.05) is 303 Å². The van der Waals surface area contributed by atoms with Crippen molar-refractivity contribution in [3.63, 3.8) is 0 Å². The average Bonchev–Trinajstić information content (AvgIpc) is 0.869. The van der Waals surface area contributed by atoms with Crippen molar-refractivity contribution >= 4 is 146 Å². The Labute approximate surface area is 932 Å². The smallest absolute Gasteiger partial charge is 0.390 e. The van der Waals surface area contributed by atoms with Crippen LogP contribution in [0.2, 0.25) is 0 Å². The zero-order valence-corrected chi connectivity index (χ0v) is 114. The van der Waals surface area contributed by atoms with Gasteiger partial charge in [0, 0.05) is 60.7 Å². The summed E-state index contributed by atoms with van der Waals surface area (Å²) in [5, 5.41) is 0. The van der Waals surface area contributed by atoms with Crippen molar-refractivity contribution in [3.05, 3.63) is 0 Å². The van der Waals surface area contributed by atoms with Crippen LogP contribution in [0.15, 0.2) is 0 Å². The quantitative estimate of drug-likeness (QED) is 0.0236. The minimum Gasteiger partial charge on any atom is -0.780 e. The van der Waals surface area contributed by atoms with Crippen molar-refractivity contribution in [1.29, 1.82) is 0 Å². The highest BCUT2D eigenvalue weighted by Gasteiger charge is 2.44. The molecule has 0 N–H and O–H groups in total. The van der Waals surface area contributed by atoms with Crippen LogP contribution >= 0.6 is 116 Å². The van der Waals surface area contributed by atoms with Crippen LogP contribution in [-0.4, -0.2) is 263 Å². The van der Waals surface area contributed by atoms with Gasteiger partial charge in [0.1, 0.15) is 26.5 Å². The second-order valence-corrected chi connectivity index (χ2v) is 79.8. The van der Waals surface area contributed by atoms with E-state index in [1.165, 1.54) is 72.7 Å². The number of morpholine rings is 1. The first-order valence-corrected chi connectivity index (χ1v) is 73.4. The summed E-state index contributed by atoms with van der Waals surface area (Å²) in [6.07, 6.45) is 10.1. The molecule has 3 saturated heterocycles. The molecule has 3 heterocycles. The minimum atomic E-state index is -3.38. The Hall–Kier alpha value is 1.74. The van der Waals surface area contributed by atoms with Crippen LogP contribution in [0.25, 0.3) is 0 Å². The Morgan fingerprint density at radius 1 is 0.284 bits per heavy atom. The van der Waals surface area contributed by atoms with Gasteiger partial charge in [0.15, 0.2) is 0 Å². The number of esters is 3. The number of carbonyl (C=O) groups excluding carboxylic acids is 3. The molecule has 32 nitrogen and oxygen atoms in total. The maximum absolute atomic E-state index is 13.1. The lowest BCUT2D eigenvalue weighted by Crippen LogP contribution is -2.37. The molecule has 0 amide bonds. The largest absolute Gasteiger partial charge is 0.780 e. The van der Waals surface area contributed by atoms with Gasteiger partial charge < -0.3 is 47.6 Å². The first kappa shape index (κ1) is 156. The highest BCUT2D eigenvalue weighted by molar-refractivity contribution is 8.56. The molecule has 46 heteroatoms. The summed E-state index contributed by atoms with van der Waals surface area (Å²) in [5.41, 5.74) is -9.11. The highest BCUT2D eigenvalue weighted by atomic mass is 32.7. The molecular formula is C102H216N4O28P7S7-. The van der Waals surface area contributed by atoms with Gasteiger partial charge in [-0.25, -0.2) is 27.4 Å². The van der Waals surface area contributed by atoms with Gasteiger partial charge in [-0.2, -0.15) is 0 Å². The maximum Gasteiger partial charge on any atom is 0.390 e. The van der Waals surface area contributed by atoms with Crippen LogP contribution in [0.1, 0.15) is 404 Å². The first-order chi connectivity index (χ1) is 65.5. The molecule has 0 atom stereocenters. The van der Waals surface area contributed by atoms with Gasteiger partial charge in [-0.15, -0.1) is 0 Å². The molecule has 0 aliphatic carbocycles. The normalized spacial score (nSPS) is 16.1. The third-order valence-electron chi connectivity index (χ3n) is 16.8. The van der Waals surface area contributed by atoms with Gasteiger partial charge in [-0.1, -0.05) is 31.6 Å². The molecule has 0 aromatic heterocycles. The van der Waals surface area contributed by atoms with Gasteiger partial charge in [0.05, 0.1) is 108 Å². The molecular weight excluding hydrogens is 2170 g/mol. The molecule has 0 unspecified atom stereocenters. The molecule has 3 rings (SSSR count). The van der Waals surface area contributed by atoms with E-state index in [2.05, 4.69) is 14.7 Å². The highest BCUT2D eigenvalue weighted by Crippen LogP contribution is 2.70. The van der Waals surface area contributed by atoms with E-state index in [1.54, 1.807) is 62.3 Å². The summed E-state index contributed by atoms with van der Waals surface area (Å²) < 4.78 is 177. The number of rotatable bonds is 45. The fraction of sp³-hybridized carbons (Fsp3) is 0.971. The third-order valence-corrected chi connectivity index (χ3v) is 44.0. The summed E-state index contributed by atoms with van der Waals surface area (Å²) >= 11 is 11.9. The molecule has 0 radical (unpaired) electrons. The molecule has 890 valence electrons. The molecule has 0 aromatic carbocycles. The number of hydrogen-bond donors (Lipinski definition) is 0. The van der Waals surface area contributed by atoms with Gasteiger partial charge in [0.25, 0.3) is 0 Å². The summed E-state index contributed by atoms with van der Waals surface area (Å²) in [4.78, 5) is 57.6. The van der Waals surface area contributed by atoms with Crippen molar-refractivity contribution < 1.29 is 129 Å². The number of nitrogens with zero attached hydrogens (tertiary/aromatic N) is 4. The van der Waals surface area contributed by atoms with Crippen LogP contribution in [-0.2, 0) is 136 Å². The third kappa shape index (κ3) is 95.3. The molecule has 0 aromatic rings. The fourth-order valence-corrected chi connectivity index (χ4v) is 41.8. The van der Waals surface area contributed by atoms with Crippen molar-refractivity contribution in [3.8, 4) is 0 Å². The van der Waals surface area contributed by atoms with E-state index >= 15 is 0 Å². The summed E-state index contributed by atoms with van der Waals surface area (Å²) in [6, 6.07) is 0. The second kappa shape index (κ2) is 66.6. The van der Waals surface area contributed by atoms with Crippen molar-refractivity contribution in [2.75, 3.05) is 147 Å². The zero-order valence-electron chi connectivity index (χ0n) is 102. The van der Waals surface area contributed by atoms with Crippen molar-refractivity contribution in [2.45, 2.75) is 482 Å². The Kier molecular flexibility index (Phi) is 70.2. The van der Waals surface area contributed by atoms with Crippen LogP contribution < -0.4 is 4.89 Å². The van der Waals surface area contributed by atoms with E-state index in [-0.39, 0.29) is 37.7 Å². The Morgan fingerprint density at radius 2 is 0.480 bits per heavy atom. The van der Waals surface area contributed by atoms with E-state index in [9.17, 15) is 46.7 Å². The van der Waals surface area contributed by atoms with E-state index < -0.39 is 142 Å².